The summed E-state index contributed by atoms with van der Waals surface area (Å²) in [5, 5.41) is 4.08. The lowest BCUT2D eigenvalue weighted by Gasteiger charge is -2.52. The highest BCUT2D eigenvalue weighted by Crippen LogP contribution is 2.54. The summed E-state index contributed by atoms with van der Waals surface area (Å²) in [4.78, 5) is 30.3. The third-order valence-electron chi connectivity index (χ3n) is 9.05. The molecule has 1 heterocycles. The lowest BCUT2D eigenvalue weighted by atomic mass is 9.67. The number of halogens is 2. The summed E-state index contributed by atoms with van der Waals surface area (Å²) in [5.41, 5.74) is 1.34. The van der Waals surface area contributed by atoms with Crippen molar-refractivity contribution < 1.29 is 18.0 Å². The van der Waals surface area contributed by atoms with E-state index in [9.17, 15) is 18.0 Å². The molecule has 5 rings (SSSR count). The van der Waals surface area contributed by atoms with Gasteiger partial charge in [-0.25, -0.2) is 8.42 Å². The first-order valence-corrected chi connectivity index (χ1v) is 17.5. The monoisotopic (exact) mass is 654 g/mol. The minimum Gasteiger partial charge on any atom is -0.330 e. The molecule has 2 aliphatic rings. The fourth-order valence-corrected chi connectivity index (χ4v) is 8.10. The van der Waals surface area contributed by atoms with Gasteiger partial charge >= 0.3 is 0 Å². The topological polar surface area (TPSA) is 83.6 Å². The first-order chi connectivity index (χ1) is 20.7. The zero-order valence-electron chi connectivity index (χ0n) is 25.6. The lowest BCUT2D eigenvalue weighted by molar-refractivity contribution is -0.156. The Hall–Kier alpha value is -2.87. The Bertz CT molecular complexity index is 1620. The van der Waals surface area contributed by atoms with Crippen LogP contribution in [-0.2, 0) is 19.4 Å². The van der Waals surface area contributed by atoms with Gasteiger partial charge in [0.2, 0.25) is 11.8 Å². The van der Waals surface area contributed by atoms with Crippen molar-refractivity contribution in [1.29, 1.82) is 0 Å². The van der Waals surface area contributed by atoms with Gasteiger partial charge < -0.3 is 10.2 Å². The number of nitrogens with zero attached hydrogens (tertiary/aromatic N) is 1. The van der Waals surface area contributed by atoms with E-state index in [1.165, 1.54) is 0 Å². The number of nitrogens with one attached hydrogen (secondary N) is 1. The van der Waals surface area contributed by atoms with Crippen LogP contribution < -0.4 is 5.32 Å². The van der Waals surface area contributed by atoms with Crippen LogP contribution in [0.1, 0.15) is 76.5 Å². The first-order valence-electron chi connectivity index (χ1n) is 15.1. The molecule has 0 aromatic heterocycles. The van der Waals surface area contributed by atoms with E-state index in [4.69, 9.17) is 23.2 Å². The van der Waals surface area contributed by atoms with E-state index in [1.807, 2.05) is 66.4 Å². The van der Waals surface area contributed by atoms with Gasteiger partial charge in [-0.05, 0) is 93.5 Å². The predicted molar refractivity (Wildman–Crippen MR) is 178 cm³/mol. The summed E-state index contributed by atoms with van der Waals surface area (Å²) in [5.74, 6) is -0.843. The maximum absolute atomic E-state index is 14.9. The first kappa shape index (κ1) is 32.5. The maximum atomic E-state index is 14.9. The minimum absolute atomic E-state index is 0.0476. The molecule has 0 bridgehead atoms. The molecular formula is C35H40Cl2N2O4S. The molecule has 9 heteroatoms. The number of benzene rings is 3. The quantitative estimate of drug-likeness (QED) is 0.253. The number of anilines is 1. The van der Waals surface area contributed by atoms with E-state index in [1.54, 1.807) is 45.0 Å². The van der Waals surface area contributed by atoms with Crippen LogP contribution in [-0.4, -0.2) is 41.7 Å². The smallest absolute Gasteiger partial charge is 0.229 e. The molecule has 6 nitrogen and oxygen atoms in total. The van der Waals surface area contributed by atoms with Crippen LogP contribution in [0.5, 0.6) is 0 Å². The summed E-state index contributed by atoms with van der Waals surface area (Å²) in [6.07, 6.45) is 2.01. The van der Waals surface area contributed by atoms with E-state index in [2.05, 4.69) is 5.32 Å². The molecule has 0 unspecified atom stereocenters. The summed E-state index contributed by atoms with van der Waals surface area (Å²) in [7, 11) is -3.59. The number of amides is 2. The van der Waals surface area contributed by atoms with Gasteiger partial charge in [-0.15, -0.1) is 0 Å². The van der Waals surface area contributed by atoms with Gasteiger partial charge in [0.15, 0.2) is 9.84 Å². The van der Waals surface area contributed by atoms with Crippen molar-refractivity contribution in [2.45, 2.75) is 76.1 Å². The van der Waals surface area contributed by atoms with E-state index in [0.717, 1.165) is 24.0 Å². The van der Waals surface area contributed by atoms with Crippen molar-refractivity contribution in [1.82, 2.24) is 4.90 Å². The number of likely N-dealkylation sites (tertiary alicyclic amines) is 1. The van der Waals surface area contributed by atoms with Crippen LogP contribution in [0.4, 0.5) is 5.69 Å². The highest BCUT2D eigenvalue weighted by Gasteiger charge is 2.55. The number of carbonyl (C=O) groups is 2. The number of hydrogen-bond donors (Lipinski definition) is 1. The Labute approximate surface area is 271 Å². The molecule has 3 aromatic rings. The Kier molecular flexibility index (Phi) is 9.23. The number of hydrogen-bond acceptors (Lipinski definition) is 4. The average Bonchev–Trinajstić information content (AvgIpc) is 3.79. The van der Waals surface area contributed by atoms with Gasteiger partial charge in [-0.1, -0.05) is 72.6 Å². The second-order valence-electron chi connectivity index (χ2n) is 13.5. The van der Waals surface area contributed by atoms with Crippen LogP contribution in [0.3, 0.4) is 0 Å². The summed E-state index contributed by atoms with van der Waals surface area (Å²) < 4.78 is 26.5. The number of rotatable bonds is 9. The third-order valence-corrected chi connectivity index (χ3v) is 12.2. The van der Waals surface area contributed by atoms with Gasteiger partial charge in [-0.3, -0.25) is 9.59 Å². The van der Waals surface area contributed by atoms with Crippen molar-refractivity contribution in [2.24, 2.45) is 11.3 Å². The van der Waals surface area contributed by atoms with Gasteiger partial charge in [-0.2, -0.15) is 0 Å². The molecule has 1 N–H and O–H groups in total. The molecule has 1 aliphatic carbocycles. The molecule has 234 valence electrons. The highest BCUT2D eigenvalue weighted by atomic mass is 35.5. The van der Waals surface area contributed by atoms with Crippen molar-refractivity contribution in [3.05, 3.63) is 100 Å². The number of para-hydroxylation sites is 1. The molecule has 1 saturated heterocycles. The molecular weight excluding hydrogens is 615 g/mol. The summed E-state index contributed by atoms with van der Waals surface area (Å²) >= 11 is 12.8. The molecule has 44 heavy (non-hydrogen) atoms. The van der Waals surface area contributed by atoms with Crippen LogP contribution >= 0.6 is 23.2 Å². The number of piperidine rings is 1. The van der Waals surface area contributed by atoms with Crippen molar-refractivity contribution in [3.8, 4) is 0 Å². The Balaban J connectivity index is 1.65. The molecule has 0 radical (unpaired) electrons. The molecule has 1 saturated carbocycles. The Morgan fingerprint density at radius 2 is 1.61 bits per heavy atom. The van der Waals surface area contributed by atoms with Crippen molar-refractivity contribution in [2.75, 3.05) is 11.1 Å². The zero-order chi connectivity index (χ0) is 31.9. The lowest BCUT2D eigenvalue weighted by Crippen LogP contribution is -2.59. The molecule has 3 aromatic carbocycles. The second kappa shape index (κ2) is 12.5. The Morgan fingerprint density at radius 3 is 2.20 bits per heavy atom. The largest absolute Gasteiger partial charge is 0.330 e. The van der Waals surface area contributed by atoms with Gasteiger partial charge in [0.1, 0.15) is 0 Å². The molecule has 4 atom stereocenters. The fraction of sp³-hybridized carbons (Fsp3) is 0.429. The summed E-state index contributed by atoms with van der Waals surface area (Å²) in [6, 6.07) is 23.2. The van der Waals surface area contributed by atoms with Crippen LogP contribution in [0.15, 0.2) is 78.9 Å². The zero-order valence-corrected chi connectivity index (χ0v) is 27.9. The molecule has 0 spiro atoms. The van der Waals surface area contributed by atoms with E-state index < -0.39 is 32.1 Å². The Morgan fingerprint density at radius 1 is 0.955 bits per heavy atom. The molecule has 2 amide bonds. The van der Waals surface area contributed by atoms with Gasteiger partial charge in [0, 0.05) is 34.1 Å². The van der Waals surface area contributed by atoms with Crippen LogP contribution in [0, 0.1) is 11.3 Å². The second-order valence-corrected chi connectivity index (χ2v) is 17.2. The number of carbonyl (C=O) groups excluding carboxylic acids is 2. The predicted octanol–water partition coefficient (Wildman–Crippen LogP) is 8.08. The standard InChI is InChI=1S/C35H40Cl2N2O4S/c1-34(2,3)44(42,43)22-30(23-13-14-23)39-32(24-15-17-26(36)18-16-24)29(25-9-8-10-27(37)19-25)20-35(4,33(39)41)21-31(40)38-28-11-6-5-7-12-28/h5-12,15-19,23,29-30,32H,13-14,20-22H2,1-4H3,(H,38,40)/t29-,30-,32+,35-/m1/s1. The normalized spacial score (nSPS) is 23.3. The molecule has 1 aliphatic heterocycles. The van der Waals surface area contributed by atoms with Crippen LogP contribution in [0.25, 0.3) is 0 Å². The van der Waals surface area contributed by atoms with Gasteiger partial charge in [0.25, 0.3) is 0 Å². The molecule has 2 fully saturated rings. The van der Waals surface area contributed by atoms with Crippen LogP contribution in [0.2, 0.25) is 10.0 Å². The maximum Gasteiger partial charge on any atom is 0.229 e. The highest BCUT2D eigenvalue weighted by molar-refractivity contribution is 7.92. The fourth-order valence-electron chi connectivity index (χ4n) is 6.39. The van der Waals surface area contributed by atoms with E-state index in [-0.39, 0.29) is 35.8 Å². The van der Waals surface area contributed by atoms with Crippen molar-refractivity contribution >= 4 is 50.5 Å². The SMILES string of the molecule is CC(C)(C)S(=O)(=O)C[C@H](C1CC1)N1C(=O)[C@@](C)(CC(=O)Nc2ccccc2)C[C@H](c2cccc(Cl)c2)[C@@H]1c1ccc(Cl)cc1. The van der Waals surface area contributed by atoms with E-state index in [0.29, 0.717) is 22.2 Å². The third kappa shape index (κ3) is 7.00. The van der Waals surface area contributed by atoms with E-state index >= 15 is 0 Å². The number of sulfone groups is 1. The van der Waals surface area contributed by atoms with Crippen molar-refractivity contribution in [3.63, 3.8) is 0 Å². The summed E-state index contributed by atoms with van der Waals surface area (Å²) in [6.45, 7) is 6.94. The van der Waals surface area contributed by atoms with Gasteiger partial charge in [0.05, 0.1) is 22.0 Å². The average molecular weight is 656 g/mol. The minimum atomic E-state index is -3.59.